The molecule has 1 rings (SSSR count). The minimum absolute atomic E-state index is 0.129. The fourth-order valence-corrected chi connectivity index (χ4v) is 10.8. The van der Waals surface area contributed by atoms with Gasteiger partial charge in [0, 0.05) is 6.42 Å². The number of aliphatic hydroxyl groups is 5. The number of hydrogen-bond acceptors (Lipinski definition) is 10. The zero-order valence-electron chi connectivity index (χ0n) is 51.1. The predicted molar refractivity (Wildman–Crippen MR) is 324 cm³/mol. The van der Waals surface area contributed by atoms with E-state index in [2.05, 4.69) is 38.2 Å². The molecule has 8 unspecified atom stereocenters. The van der Waals surface area contributed by atoms with E-state index in [1.807, 2.05) is 6.08 Å². The lowest BCUT2D eigenvalue weighted by molar-refractivity contribution is -0.305. The van der Waals surface area contributed by atoms with Crippen LogP contribution in [0, 0.1) is 0 Å². The van der Waals surface area contributed by atoms with Crippen LogP contribution in [0.4, 0.5) is 0 Å². The lowest BCUT2D eigenvalue weighted by Crippen LogP contribution is -2.61. The Bertz CT molecular complexity index is 1360. The fourth-order valence-electron chi connectivity index (χ4n) is 10.8. The van der Waals surface area contributed by atoms with Gasteiger partial charge in [0.2, 0.25) is 5.91 Å². The molecule has 1 amide bonds. The van der Waals surface area contributed by atoms with E-state index in [9.17, 15) is 35.1 Å². The number of carbonyl (C=O) groups excluding carboxylic acids is 2. The predicted octanol–water partition coefficient (Wildman–Crippen LogP) is 16.5. The van der Waals surface area contributed by atoms with Crippen molar-refractivity contribution in [2.24, 2.45) is 0 Å². The van der Waals surface area contributed by atoms with E-state index >= 15 is 0 Å². The van der Waals surface area contributed by atoms with Gasteiger partial charge in [-0.2, -0.15) is 0 Å². The van der Waals surface area contributed by atoms with Crippen LogP contribution in [0.1, 0.15) is 329 Å². The number of amides is 1. The van der Waals surface area contributed by atoms with E-state index in [1.165, 1.54) is 225 Å². The van der Waals surface area contributed by atoms with Crippen molar-refractivity contribution in [3.05, 3.63) is 24.3 Å². The highest BCUT2D eigenvalue weighted by molar-refractivity contribution is 5.80. The van der Waals surface area contributed by atoms with Crippen molar-refractivity contribution >= 4 is 11.9 Å². The smallest absolute Gasteiger partial charge is 0.306 e. The molecule has 8 atom stereocenters. The zero-order chi connectivity index (χ0) is 56.8. The van der Waals surface area contributed by atoms with Gasteiger partial charge in [0.05, 0.1) is 25.4 Å². The summed E-state index contributed by atoms with van der Waals surface area (Å²) in [6, 6.07) is -1.02. The largest absolute Gasteiger partial charge is 0.454 e. The molecule has 0 bridgehead atoms. The molecule has 6 N–H and O–H groups in total. The van der Waals surface area contributed by atoms with E-state index in [0.29, 0.717) is 19.3 Å². The maximum atomic E-state index is 13.4. The summed E-state index contributed by atoms with van der Waals surface area (Å²) in [5.74, 6) is -1.18. The van der Waals surface area contributed by atoms with Crippen molar-refractivity contribution in [1.29, 1.82) is 0 Å². The molecule has 1 aliphatic rings. The lowest BCUT2D eigenvalue weighted by atomic mass is 9.99. The molecule has 11 heteroatoms. The minimum Gasteiger partial charge on any atom is -0.454 e. The first-order chi connectivity index (χ1) is 38.2. The van der Waals surface area contributed by atoms with Gasteiger partial charge in [-0.15, -0.1) is 0 Å². The van der Waals surface area contributed by atoms with Gasteiger partial charge in [-0.3, -0.25) is 9.59 Å². The standard InChI is InChI=1S/C67H127NO10/c1-4-7-10-13-16-19-22-25-26-27-28-29-30-31-32-33-34-35-36-37-40-43-46-49-52-55-62(72)78-65-64(74)63(73)61(56-69)77-67(65)76-57-58(59(70)53-50-47-44-41-38-23-20-17-14-11-8-5-2)68-66(75)60(71)54-51-48-45-42-39-24-21-18-15-12-9-6-3/h25-26,50,53,58-61,63-65,67,69-71,73-74H,4-24,27-49,51-52,54-57H2,1-3H3,(H,68,75)/b26-25+,53-50+. The second-order valence-corrected chi connectivity index (χ2v) is 23.6. The number of hydrogen-bond donors (Lipinski definition) is 6. The molecule has 460 valence electrons. The van der Waals surface area contributed by atoms with Gasteiger partial charge < -0.3 is 45.1 Å². The normalized spacial score (nSPS) is 19.0. The molecule has 0 saturated carbocycles. The Balaban J connectivity index is 2.54. The molecule has 11 nitrogen and oxygen atoms in total. The van der Waals surface area contributed by atoms with Crippen molar-refractivity contribution < 1.29 is 49.3 Å². The number of esters is 1. The summed E-state index contributed by atoms with van der Waals surface area (Å²) in [5, 5.41) is 57.0. The Morgan fingerprint density at radius 1 is 0.487 bits per heavy atom. The maximum absolute atomic E-state index is 13.4. The van der Waals surface area contributed by atoms with Crippen molar-refractivity contribution in [3.8, 4) is 0 Å². The summed E-state index contributed by atoms with van der Waals surface area (Å²) in [7, 11) is 0. The summed E-state index contributed by atoms with van der Waals surface area (Å²) in [5.41, 5.74) is 0. The Kier molecular flexibility index (Phi) is 52.9. The van der Waals surface area contributed by atoms with Crippen molar-refractivity contribution in [2.75, 3.05) is 13.2 Å². The third kappa shape index (κ3) is 42.9. The number of aliphatic hydroxyl groups excluding tert-OH is 5. The molecular weight excluding hydrogens is 979 g/mol. The Morgan fingerprint density at radius 2 is 0.846 bits per heavy atom. The molecule has 0 aliphatic carbocycles. The number of ether oxygens (including phenoxy) is 3. The van der Waals surface area contributed by atoms with Crippen molar-refractivity contribution in [3.63, 3.8) is 0 Å². The van der Waals surface area contributed by atoms with Crippen LogP contribution < -0.4 is 5.32 Å². The number of nitrogens with one attached hydrogen (secondary N) is 1. The SMILES string of the molecule is CCCCCCCC/C=C/CCCCCCCCCCCCCCCCCC(=O)OC1C(OCC(NC(=O)C(O)CCCCCCCCCCCCCC)C(O)/C=C/CCCCCCCCCCCC)OC(CO)C(O)C1O. The molecule has 1 heterocycles. The van der Waals surface area contributed by atoms with Gasteiger partial charge in [0.15, 0.2) is 12.4 Å². The second-order valence-electron chi connectivity index (χ2n) is 23.6. The van der Waals surface area contributed by atoms with Crippen molar-refractivity contribution in [2.45, 2.75) is 378 Å². The quantitative estimate of drug-likeness (QED) is 0.0195. The first-order valence-corrected chi connectivity index (χ1v) is 33.6. The lowest BCUT2D eigenvalue weighted by Gasteiger charge is -2.41. The average Bonchev–Trinajstić information content (AvgIpc) is 3.44. The van der Waals surface area contributed by atoms with Crippen LogP contribution in [0.2, 0.25) is 0 Å². The van der Waals surface area contributed by atoms with Gasteiger partial charge in [0.1, 0.15) is 24.4 Å². The molecule has 1 aliphatic heterocycles. The third-order valence-corrected chi connectivity index (χ3v) is 16.1. The molecule has 0 spiro atoms. The molecule has 1 saturated heterocycles. The van der Waals surface area contributed by atoms with Crippen LogP contribution in [0.3, 0.4) is 0 Å². The summed E-state index contributed by atoms with van der Waals surface area (Å²) in [6.07, 6.45) is 55.1. The minimum atomic E-state index is -1.61. The number of carbonyl (C=O) groups is 2. The van der Waals surface area contributed by atoms with Crippen LogP contribution in [-0.2, 0) is 23.8 Å². The van der Waals surface area contributed by atoms with Gasteiger partial charge in [-0.05, 0) is 51.4 Å². The van der Waals surface area contributed by atoms with Gasteiger partial charge >= 0.3 is 5.97 Å². The summed E-state index contributed by atoms with van der Waals surface area (Å²) in [4.78, 5) is 26.6. The van der Waals surface area contributed by atoms with Crippen LogP contribution in [0.25, 0.3) is 0 Å². The van der Waals surface area contributed by atoms with Gasteiger partial charge in [-0.25, -0.2) is 0 Å². The Morgan fingerprint density at radius 3 is 1.24 bits per heavy atom. The molecule has 0 aromatic rings. The van der Waals surface area contributed by atoms with E-state index in [0.717, 1.165) is 57.8 Å². The highest BCUT2D eigenvalue weighted by atomic mass is 16.7. The molecule has 0 aromatic heterocycles. The van der Waals surface area contributed by atoms with Gasteiger partial charge in [-0.1, -0.05) is 295 Å². The topological polar surface area (TPSA) is 175 Å². The molecule has 1 fully saturated rings. The van der Waals surface area contributed by atoms with E-state index in [-0.39, 0.29) is 13.0 Å². The average molecular weight is 1110 g/mol. The van der Waals surface area contributed by atoms with Crippen LogP contribution in [0.5, 0.6) is 0 Å². The van der Waals surface area contributed by atoms with Crippen LogP contribution in [-0.4, -0.2) is 99.6 Å². The van der Waals surface area contributed by atoms with E-state index in [1.54, 1.807) is 6.08 Å². The molecular formula is C67H127NO10. The van der Waals surface area contributed by atoms with Crippen molar-refractivity contribution in [1.82, 2.24) is 5.32 Å². The van der Waals surface area contributed by atoms with E-state index in [4.69, 9.17) is 14.2 Å². The van der Waals surface area contributed by atoms with Crippen LogP contribution in [0.15, 0.2) is 24.3 Å². The first-order valence-electron chi connectivity index (χ1n) is 33.6. The van der Waals surface area contributed by atoms with Gasteiger partial charge in [0.25, 0.3) is 0 Å². The van der Waals surface area contributed by atoms with Crippen LogP contribution >= 0.6 is 0 Å². The molecule has 78 heavy (non-hydrogen) atoms. The summed E-state index contributed by atoms with van der Waals surface area (Å²) >= 11 is 0. The number of rotatable bonds is 58. The highest BCUT2D eigenvalue weighted by Gasteiger charge is 2.47. The maximum Gasteiger partial charge on any atom is 0.306 e. The first kappa shape index (κ1) is 74.2. The summed E-state index contributed by atoms with van der Waals surface area (Å²) in [6.45, 7) is 5.81. The highest BCUT2D eigenvalue weighted by Crippen LogP contribution is 2.26. The van der Waals surface area contributed by atoms with E-state index < -0.39 is 67.4 Å². The fraction of sp³-hybridized carbons (Fsp3) is 0.910. The number of unbranched alkanes of at least 4 members (excludes halogenated alkanes) is 42. The second kappa shape index (κ2) is 55.7. The third-order valence-electron chi connectivity index (χ3n) is 16.1. The monoisotopic (exact) mass is 1110 g/mol. The zero-order valence-corrected chi connectivity index (χ0v) is 51.1. The summed E-state index contributed by atoms with van der Waals surface area (Å²) < 4.78 is 17.7. The Hall–Kier alpha value is -1.86. The molecule has 0 aromatic carbocycles. The Labute approximate surface area is 480 Å². The number of allylic oxidation sites excluding steroid dienone is 3. The molecule has 0 radical (unpaired) electrons.